The van der Waals surface area contributed by atoms with Crippen LogP contribution in [0, 0.1) is 5.82 Å². The largest absolute Gasteiger partial charge is 0.494 e. The minimum Gasteiger partial charge on any atom is -0.494 e. The Labute approximate surface area is 261 Å². The third-order valence-corrected chi connectivity index (χ3v) is 8.04. The molecule has 8 nitrogen and oxygen atoms in total. The number of aryl methyl sites for hydroxylation is 1. The normalized spacial score (nSPS) is 16.6. The highest BCUT2D eigenvalue weighted by atomic mass is 19.1. The number of amides is 2. The Balaban J connectivity index is 1.39. The van der Waals surface area contributed by atoms with E-state index in [-0.39, 0.29) is 30.5 Å². The van der Waals surface area contributed by atoms with Gasteiger partial charge in [-0.1, -0.05) is 30.3 Å². The van der Waals surface area contributed by atoms with Crippen molar-refractivity contribution in [3.63, 3.8) is 0 Å². The summed E-state index contributed by atoms with van der Waals surface area (Å²) in [5, 5.41) is 2.96. The summed E-state index contributed by atoms with van der Waals surface area (Å²) in [5.74, 6) is 1.46. The summed E-state index contributed by atoms with van der Waals surface area (Å²) in [4.78, 5) is 28.3. The van der Waals surface area contributed by atoms with Gasteiger partial charge >= 0.3 is 0 Å². The second kappa shape index (κ2) is 13.8. The summed E-state index contributed by atoms with van der Waals surface area (Å²) in [6, 6.07) is 24.8. The van der Waals surface area contributed by atoms with E-state index in [2.05, 4.69) is 5.32 Å². The lowest BCUT2D eigenvalue weighted by molar-refractivity contribution is -0.121. The first kappa shape index (κ1) is 30.1. The minimum atomic E-state index is -0.524. The number of halogens is 1. The van der Waals surface area contributed by atoms with Gasteiger partial charge in [-0.25, -0.2) is 4.39 Å². The van der Waals surface area contributed by atoms with E-state index in [1.165, 1.54) is 18.2 Å². The number of nitrogens with two attached hydrogens (primary N) is 1. The molecule has 5 aliphatic heterocycles. The van der Waals surface area contributed by atoms with Gasteiger partial charge in [-0.3, -0.25) is 9.59 Å². The predicted octanol–water partition coefficient (Wildman–Crippen LogP) is 5.57. The fraction of sp³-hybridized carbons (Fsp3) is 0.278. The van der Waals surface area contributed by atoms with Gasteiger partial charge < -0.3 is 30.2 Å². The molecule has 5 heterocycles. The monoisotopic (exact) mass is 609 g/mol. The van der Waals surface area contributed by atoms with Crippen LogP contribution < -0.4 is 25.3 Å². The van der Waals surface area contributed by atoms with Crippen LogP contribution in [0.5, 0.6) is 23.0 Å². The van der Waals surface area contributed by atoms with E-state index in [1.807, 2.05) is 66.7 Å². The van der Waals surface area contributed by atoms with Crippen molar-refractivity contribution in [3.05, 3.63) is 119 Å². The number of carbonyl (C=O) groups is 2. The SMILES string of the molecule is NCCOc1ccc(F)cc1C(=O)N1CCc2cc3ccc2C1c1cccc(c1)OCCCNC(=O)CCc1ccc(cc1)O3. The number of nitrogens with zero attached hydrogens (tertiary/aromatic N) is 1. The van der Waals surface area contributed by atoms with Crippen LogP contribution in [0.15, 0.2) is 84.9 Å². The average molecular weight is 610 g/mol. The highest BCUT2D eigenvalue weighted by molar-refractivity contribution is 5.97. The highest BCUT2D eigenvalue weighted by Crippen LogP contribution is 2.40. The fourth-order valence-electron chi connectivity index (χ4n) is 5.83. The lowest BCUT2D eigenvalue weighted by atomic mass is 9.87. The Morgan fingerprint density at radius 2 is 1.80 bits per heavy atom. The predicted molar refractivity (Wildman–Crippen MR) is 168 cm³/mol. The second-order valence-electron chi connectivity index (χ2n) is 11.2. The number of benzene rings is 4. The van der Waals surface area contributed by atoms with E-state index >= 15 is 0 Å². The number of hydrogen-bond donors (Lipinski definition) is 2. The van der Waals surface area contributed by atoms with E-state index in [1.54, 1.807) is 4.90 Å². The summed E-state index contributed by atoms with van der Waals surface area (Å²) in [5.41, 5.74) is 9.70. The minimum absolute atomic E-state index is 0.00327. The Bertz CT molecular complexity index is 1680. The third kappa shape index (κ3) is 7.10. The summed E-state index contributed by atoms with van der Waals surface area (Å²) < 4.78 is 32.5. The van der Waals surface area contributed by atoms with Gasteiger partial charge in [0.05, 0.1) is 18.2 Å². The molecule has 5 aliphatic rings. The summed E-state index contributed by atoms with van der Waals surface area (Å²) in [7, 11) is 0. The van der Waals surface area contributed by atoms with E-state index in [9.17, 15) is 14.0 Å². The van der Waals surface area contributed by atoms with E-state index in [0.717, 1.165) is 22.3 Å². The zero-order valence-electron chi connectivity index (χ0n) is 25.0. The molecule has 0 radical (unpaired) electrons. The van der Waals surface area contributed by atoms with Crippen molar-refractivity contribution in [2.75, 3.05) is 32.8 Å². The molecule has 1 atom stereocenters. The van der Waals surface area contributed by atoms with Gasteiger partial charge in [0, 0.05) is 26.1 Å². The maximum atomic E-state index is 14.5. The standard InChI is InChI=1S/C36H36FN3O5/c37-27-8-13-33(44-20-16-38)32(23-27)36(42)40-18-15-25-21-30-11-12-31(25)35(40)26-3-1-4-29(22-26)43-19-2-17-39-34(41)14-7-24-5-9-28(45-30)10-6-24/h1,3-6,8-13,21-23,35H,2,7,14-20,38H2,(H,39,41). The molecule has 8 bridgehead atoms. The number of carbonyl (C=O) groups excluding carboxylic acids is 2. The molecule has 3 N–H and O–H groups in total. The van der Waals surface area contributed by atoms with Crippen molar-refractivity contribution in [1.29, 1.82) is 0 Å². The number of hydrogen-bond acceptors (Lipinski definition) is 6. The molecule has 0 saturated carbocycles. The summed E-state index contributed by atoms with van der Waals surface area (Å²) >= 11 is 0. The molecule has 2 amide bonds. The summed E-state index contributed by atoms with van der Waals surface area (Å²) in [6.07, 6.45) is 2.27. The molecule has 45 heavy (non-hydrogen) atoms. The highest BCUT2D eigenvalue weighted by Gasteiger charge is 2.34. The molecule has 4 aromatic rings. The van der Waals surface area contributed by atoms with Crippen molar-refractivity contribution in [2.24, 2.45) is 5.73 Å². The second-order valence-corrected chi connectivity index (χ2v) is 11.2. The molecule has 9 heteroatoms. The van der Waals surface area contributed by atoms with Crippen LogP contribution in [0.1, 0.15) is 51.5 Å². The quantitative estimate of drug-likeness (QED) is 0.314. The zero-order chi connectivity index (χ0) is 31.2. The van der Waals surface area contributed by atoms with Crippen molar-refractivity contribution in [2.45, 2.75) is 31.7 Å². The molecular weight excluding hydrogens is 573 g/mol. The average Bonchev–Trinajstić information content (AvgIpc) is 3.06. The van der Waals surface area contributed by atoms with Crippen molar-refractivity contribution in [1.82, 2.24) is 10.2 Å². The third-order valence-electron chi connectivity index (χ3n) is 8.04. The Kier molecular flexibility index (Phi) is 9.26. The lowest BCUT2D eigenvalue weighted by Gasteiger charge is -2.38. The topological polar surface area (TPSA) is 103 Å². The van der Waals surface area contributed by atoms with Gasteiger partial charge in [0.15, 0.2) is 0 Å². The molecule has 1 unspecified atom stereocenters. The Hall–Kier alpha value is -4.89. The van der Waals surface area contributed by atoms with Gasteiger partial charge in [-0.2, -0.15) is 0 Å². The van der Waals surface area contributed by atoms with Crippen LogP contribution in [-0.2, 0) is 17.6 Å². The van der Waals surface area contributed by atoms with E-state index in [0.29, 0.717) is 68.4 Å². The summed E-state index contributed by atoms with van der Waals surface area (Å²) in [6.45, 7) is 1.78. The first-order valence-corrected chi connectivity index (χ1v) is 15.3. The molecule has 0 fully saturated rings. The van der Waals surface area contributed by atoms with Crippen molar-refractivity contribution < 1.29 is 28.2 Å². The van der Waals surface area contributed by atoms with Gasteiger partial charge in [-0.05, 0) is 96.1 Å². The first-order valence-electron chi connectivity index (χ1n) is 15.3. The first-order chi connectivity index (χ1) is 22.0. The van der Waals surface area contributed by atoms with Crippen LogP contribution in [0.2, 0.25) is 0 Å². The van der Waals surface area contributed by atoms with Gasteiger partial charge in [0.25, 0.3) is 5.91 Å². The van der Waals surface area contributed by atoms with E-state index in [4.69, 9.17) is 19.9 Å². The molecule has 0 aliphatic carbocycles. The van der Waals surface area contributed by atoms with Gasteiger partial charge in [-0.15, -0.1) is 0 Å². The van der Waals surface area contributed by atoms with E-state index < -0.39 is 11.9 Å². The zero-order valence-corrected chi connectivity index (χ0v) is 25.0. The fourth-order valence-corrected chi connectivity index (χ4v) is 5.83. The molecule has 0 spiro atoms. The number of ether oxygens (including phenoxy) is 3. The maximum absolute atomic E-state index is 14.5. The van der Waals surface area contributed by atoms with Gasteiger partial charge in [0.2, 0.25) is 5.91 Å². The molecule has 232 valence electrons. The molecular formula is C36H36FN3O5. The van der Waals surface area contributed by atoms with Crippen LogP contribution in [0.4, 0.5) is 4.39 Å². The molecule has 4 aromatic carbocycles. The molecule has 9 rings (SSSR count). The molecule has 0 aromatic heterocycles. The van der Waals surface area contributed by atoms with Crippen LogP contribution >= 0.6 is 0 Å². The van der Waals surface area contributed by atoms with Crippen LogP contribution in [0.3, 0.4) is 0 Å². The molecule has 0 saturated heterocycles. The Morgan fingerprint density at radius 3 is 2.64 bits per heavy atom. The lowest BCUT2D eigenvalue weighted by Crippen LogP contribution is -2.41. The van der Waals surface area contributed by atoms with Gasteiger partial charge in [0.1, 0.15) is 35.4 Å². The number of nitrogens with one attached hydrogen (secondary N) is 1. The smallest absolute Gasteiger partial charge is 0.258 e. The van der Waals surface area contributed by atoms with Crippen molar-refractivity contribution in [3.8, 4) is 23.0 Å². The maximum Gasteiger partial charge on any atom is 0.258 e. The number of rotatable bonds is 4. The Morgan fingerprint density at radius 1 is 0.956 bits per heavy atom. The van der Waals surface area contributed by atoms with Crippen LogP contribution in [0.25, 0.3) is 0 Å². The van der Waals surface area contributed by atoms with Crippen molar-refractivity contribution >= 4 is 11.8 Å². The van der Waals surface area contributed by atoms with Crippen LogP contribution in [-0.4, -0.2) is 49.6 Å².